The molecule has 1 saturated carbocycles. The zero-order valence-corrected chi connectivity index (χ0v) is 11.0. The molecule has 0 aliphatic heterocycles. The third-order valence-corrected chi connectivity index (χ3v) is 3.51. The van der Waals surface area contributed by atoms with Crippen LogP contribution in [0, 0.1) is 0 Å². The van der Waals surface area contributed by atoms with Crippen molar-refractivity contribution in [1.82, 2.24) is 5.32 Å². The van der Waals surface area contributed by atoms with Crippen LogP contribution in [0.15, 0.2) is 24.3 Å². The van der Waals surface area contributed by atoms with Crippen molar-refractivity contribution in [2.45, 2.75) is 51.2 Å². The minimum atomic E-state index is -0.766. The van der Waals surface area contributed by atoms with Crippen molar-refractivity contribution in [2.75, 3.05) is 6.54 Å². The van der Waals surface area contributed by atoms with Gasteiger partial charge < -0.3 is 10.4 Å². The van der Waals surface area contributed by atoms with Gasteiger partial charge >= 0.3 is 0 Å². The molecular formula is C15H23NO. The molecule has 1 aliphatic rings. The summed E-state index contributed by atoms with van der Waals surface area (Å²) in [4.78, 5) is 0. The molecule has 0 spiro atoms. The van der Waals surface area contributed by atoms with Crippen molar-refractivity contribution in [1.29, 1.82) is 0 Å². The molecule has 0 amide bonds. The van der Waals surface area contributed by atoms with Gasteiger partial charge in [-0.05, 0) is 36.8 Å². The average Bonchev–Trinajstić information content (AvgIpc) is 3.10. The summed E-state index contributed by atoms with van der Waals surface area (Å²) in [5.41, 5.74) is 1.55. The molecule has 0 bridgehead atoms. The van der Waals surface area contributed by atoms with Crippen LogP contribution >= 0.6 is 0 Å². The summed E-state index contributed by atoms with van der Waals surface area (Å²) in [6.45, 7) is 6.88. The van der Waals surface area contributed by atoms with Crippen LogP contribution < -0.4 is 5.32 Å². The Morgan fingerprint density at radius 1 is 1.29 bits per heavy atom. The molecule has 0 radical (unpaired) electrons. The molecule has 2 rings (SSSR count). The lowest BCUT2D eigenvalue weighted by Gasteiger charge is -2.25. The first kappa shape index (κ1) is 12.6. The van der Waals surface area contributed by atoms with E-state index in [1.807, 2.05) is 19.1 Å². The van der Waals surface area contributed by atoms with Crippen molar-refractivity contribution < 1.29 is 5.11 Å². The second-order valence-corrected chi connectivity index (χ2v) is 5.71. The molecule has 2 heteroatoms. The number of rotatable bonds is 5. The molecule has 2 N–H and O–H groups in total. The van der Waals surface area contributed by atoms with Gasteiger partial charge in [-0.2, -0.15) is 0 Å². The fraction of sp³-hybridized carbons (Fsp3) is 0.600. The first-order valence-corrected chi connectivity index (χ1v) is 6.55. The maximum Gasteiger partial charge on any atom is 0.0992 e. The van der Waals surface area contributed by atoms with E-state index in [9.17, 15) is 5.11 Å². The van der Waals surface area contributed by atoms with Crippen LogP contribution in [-0.2, 0) is 5.60 Å². The second-order valence-electron chi connectivity index (χ2n) is 5.71. The SMILES string of the molecule is CC(C)c1ccc(C(C)(O)CNC2CC2)cc1. The van der Waals surface area contributed by atoms with E-state index in [-0.39, 0.29) is 0 Å². The molecule has 1 aromatic carbocycles. The normalized spacial score (nSPS) is 19.4. The smallest absolute Gasteiger partial charge is 0.0992 e. The van der Waals surface area contributed by atoms with E-state index in [4.69, 9.17) is 0 Å². The molecule has 0 heterocycles. The van der Waals surface area contributed by atoms with Gasteiger partial charge in [-0.3, -0.25) is 0 Å². The van der Waals surface area contributed by atoms with Crippen LogP contribution in [0.1, 0.15) is 50.7 Å². The molecule has 1 atom stereocenters. The maximum absolute atomic E-state index is 10.4. The predicted octanol–water partition coefficient (Wildman–Crippen LogP) is 2.77. The van der Waals surface area contributed by atoms with Gasteiger partial charge in [0.05, 0.1) is 5.60 Å². The Labute approximate surface area is 104 Å². The third-order valence-electron chi connectivity index (χ3n) is 3.51. The van der Waals surface area contributed by atoms with E-state index >= 15 is 0 Å². The Balaban J connectivity index is 2.03. The molecule has 94 valence electrons. The van der Waals surface area contributed by atoms with Crippen LogP contribution in [-0.4, -0.2) is 17.7 Å². The average molecular weight is 233 g/mol. The Kier molecular flexibility index (Phi) is 3.55. The zero-order chi connectivity index (χ0) is 12.5. The van der Waals surface area contributed by atoms with E-state index in [1.54, 1.807) is 0 Å². The molecular weight excluding hydrogens is 210 g/mol. The van der Waals surface area contributed by atoms with Gasteiger partial charge in [0.2, 0.25) is 0 Å². The van der Waals surface area contributed by atoms with Crippen LogP contribution in [0.5, 0.6) is 0 Å². The second kappa shape index (κ2) is 4.79. The van der Waals surface area contributed by atoms with E-state index in [0.717, 1.165) is 5.56 Å². The predicted molar refractivity (Wildman–Crippen MR) is 71.1 cm³/mol. The van der Waals surface area contributed by atoms with Gasteiger partial charge in [-0.15, -0.1) is 0 Å². The molecule has 1 fully saturated rings. The standard InChI is InChI=1S/C15H23NO/c1-11(2)12-4-6-13(7-5-12)15(3,17)10-16-14-8-9-14/h4-7,11,14,16-17H,8-10H2,1-3H3. The lowest BCUT2D eigenvalue weighted by molar-refractivity contribution is 0.0566. The van der Waals surface area contributed by atoms with Gasteiger partial charge in [0.25, 0.3) is 0 Å². The highest BCUT2D eigenvalue weighted by atomic mass is 16.3. The highest BCUT2D eigenvalue weighted by Crippen LogP contribution is 2.25. The number of hydrogen-bond donors (Lipinski definition) is 2. The summed E-state index contributed by atoms with van der Waals surface area (Å²) in [6, 6.07) is 8.96. The monoisotopic (exact) mass is 233 g/mol. The summed E-state index contributed by atoms with van der Waals surface area (Å²) in [5, 5.41) is 13.8. The number of aliphatic hydroxyl groups is 1. The van der Waals surface area contributed by atoms with E-state index in [2.05, 4.69) is 31.3 Å². The van der Waals surface area contributed by atoms with Crippen molar-refractivity contribution in [3.63, 3.8) is 0 Å². The van der Waals surface area contributed by atoms with Crippen LogP contribution in [0.25, 0.3) is 0 Å². The molecule has 0 saturated heterocycles. The Morgan fingerprint density at radius 2 is 1.88 bits per heavy atom. The lowest BCUT2D eigenvalue weighted by Crippen LogP contribution is -2.36. The topological polar surface area (TPSA) is 32.3 Å². The van der Waals surface area contributed by atoms with E-state index in [0.29, 0.717) is 18.5 Å². The summed E-state index contributed by atoms with van der Waals surface area (Å²) < 4.78 is 0. The summed E-state index contributed by atoms with van der Waals surface area (Å²) in [7, 11) is 0. The van der Waals surface area contributed by atoms with Crippen LogP contribution in [0.4, 0.5) is 0 Å². The summed E-state index contributed by atoms with van der Waals surface area (Å²) >= 11 is 0. The molecule has 17 heavy (non-hydrogen) atoms. The first-order chi connectivity index (χ1) is 7.99. The van der Waals surface area contributed by atoms with Gasteiger partial charge in [0.15, 0.2) is 0 Å². The van der Waals surface area contributed by atoms with Gasteiger partial charge in [-0.1, -0.05) is 38.1 Å². The third kappa shape index (κ3) is 3.30. The van der Waals surface area contributed by atoms with E-state index in [1.165, 1.54) is 18.4 Å². The Hall–Kier alpha value is -0.860. The van der Waals surface area contributed by atoms with Crippen molar-refractivity contribution >= 4 is 0 Å². The Bertz CT molecular complexity index is 363. The van der Waals surface area contributed by atoms with Gasteiger partial charge in [0.1, 0.15) is 0 Å². The highest BCUT2D eigenvalue weighted by Gasteiger charge is 2.27. The highest BCUT2D eigenvalue weighted by molar-refractivity contribution is 5.28. The fourth-order valence-electron chi connectivity index (χ4n) is 1.96. The number of nitrogens with one attached hydrogen (secondary N) is 1. The van der Waals surface area contributed by atoms with Crippen LogP contribution in [0.3, 0.4) is 0 Å². The largest absolute Gasteiger partial charge is 0.384 e. The van der Waals surface area contributed by atoms with Crippen LogP contribution in [0.2, 0.25) is 0 Å². The fourth-order valence-corrected chi connectivity index (χ4v) is 1.96. The summed E-state index contributed by atoms with van der Waals surface area (Å²) in [6.07, 6.45) is 2.50. The Morgan fingerprint density at radius 3 is 2.35 bits per heavy atom. The van der Waals surface area contributed by atoms with Gasteiger partial charge in [0, 0.05) is 12.6 Å². The molecule has 1 aromatic rings. The first-order valence-electron chi connectivity index (χ1n) is 6.55. The quantitative estimate of drug-likeness (QED) is 0.819. The zero-order valence-electron chi connectivity index (χ0n) is 11.0. The minimum Gasteiger partial charge on any atom is -0.384 e. The number of hydrogen-bond acceptors (Lipinski definition) is 2. The lowest BCUT2D eigenvalue weighted by atomic mass is 9.93. The molecule has 1 aliphatic carbocycles. The molecule has 0 aromatic heterocycles. The summed E-state index contributed by atoms with van der Waals surface area (Å²) in [5.74, 6) is 0.540. The van der Waals surface area contributed by atoms with Gasteiger partial charge in [-0.25, -0.2) is 0 Å². The molecule has 2 nitrogen and oxygen atoms in total. The van der Waals surface area contributed by atoms with Crippen molar-refractivity contribution in [2.24, 2.45) is 0 Å². The maximum atomic E-state index is 10.4. The van der Waals surface area contributed by atoms with E-state index < -0.39 is 5.60 Å². The minimum absolute atomic E-state index is 0.540. The number of benzene rings is 1. The molecule has 1 unspecified atom stereocenters. The van der Waals surface area contributed by atoms with Crippen molar-refractivity contribution in [3.8, 4) is 0 Å². The van der Waals surface area contributed by atoms with Crippen molar-refractivity contribution in [3.05, 3.63) is 35.4 Å².